The maximum Gasteiger partial charge on any atom is 0.337 e. The van der Waals surface area contributed by atoms with Gasteiger partial charge in [0.2, 0.25) is 5.91 Å². The Labute approximate surface area is 136 Å². The monoisotopic (exact) mass is 362 g/mol. The normalized spacial score (nSPS) is 9.91. The van der Waals surface area contributed by atoms with Crippen LogP contribution in [0.5, 0.6) is 0 Å². The van der Waals surface area contributed by atoms with E-state index in [1.165, 1.54) is 7.11 Å². The summed E-state index contributed by atoms with van der Waals surface area (Å²) in [5, 5.41) is 5.77. The van der Waals surface area contributed by atoms with Crippen LogP contribution in [0.4, 0.5) is 11.4 Å². The molecule has 22 heavy (non-hydrogen) atoms. The molecule has 2 N–H and O–H groups in total. The minimum absolute atomic E-state index is 0.133. The van der Waals surface area contributed by atoms with Gasteiger partial charge in [-0.1, -0.05) is 15.9 Å². The summed E-state index contributed by atoms with van der Waals surface area (Å²) in [4.78, 5) is 23.1. The smallest absolute Gasteiger partial charge is 0.337 e. The molecule has 2 rings (SSSR count). The van der Waals surface area contributed by atoms with E-state index in [1.54, 1.807) is 24.3 Å². The number of halogens is 1. The number of rotatable bonds is 5. The van der Waals surface area contributed by atoms with Gasteiger partial charge in [0.05, 0.1) is 19.2 Å². The SMILES string of the molecule is COC(=O)c1ccc(NCC(=O)Nc2ccc(Br)cc2)cc1. The zero-order valence-electron chi connectivity index (χ0n) is 11.9. The number of carbonyl (C=O) groups excluding carboxylic acids is 2. The van der Waals surface area contributed by atoms with Gasteiger partial charge < -0.3 is 15.4 Å². The fourth-order valence-corrected chi connectivity index (χ4v) is 2.03. The molecule has 0 aliphatic carbocycles. The number of benzene rings is 2. The highest BCUT2D eigenvalue weighted by molar-refractivity contribution is 9.10. The molecule has 2 aromatic carbocycles. The quantitative estimate of drug-likeness (QED) is 0.800. The first-order valence-electron chi connectivity index (χ1n) is 6.56. The summed E-state index contributed by atoms with van der Waals surface area (Å²) in [7, 11) is 1.33. The van der Waals surface area contributed by atoms with Crippen molar-refractivity contribution in [1.82, 2.24) is 0 Å². The topological polar surface area (TPSA) is 67.4 Å². The van der Waals surface area contributed by atoms with E-state index in [4.69, 9.17) is 0 Å². The standard InChI is InChI=1S/C16H15BrN2O3/c1-22-16(21)11-2-6-13(7-3-11)18-10-15(20)19-14-8-4-12(17)5-9-14/h2-9,18H,10H2,1H3,(H,19,20). The lowest BCUT2D eigenvalue weighted by molar-refractivity contribution is -0.114. The van der Waals surface area contributed by atoms with Crippen LogP contribution < -0.4 is 10.6 Å². The van der Waals surface area contributed by atoms with Gasteiger partial charge in [-0.05, 0) is 48.5 Å². The zero-order valence-corrected chi connectivity index (χ0v) is 13.5. The highest BCUT2D eigenvalue weighted by atomic mass is 79.9. The summed E-state index contributed by atoms with van der Waals surface area (Å²) in [5.41, 5.74) is 1.95. The lowest BCUT2D eigenvalue weighted by Gasteiger charge is -2.08. The van der Waals surface area contributed by atoms with Crippen molar-refractivity contribution in [3.63, 3.8) is 0 Å². The van der Waals surface area contributed by atoms with Crippen molar-refractivity contribution in [3.05, 3.63) is 58.6 Å². The second-order valence-electron chi connectivity index (χ2n) is 4.48. The van der Waals surface area contributed by atoms with Crippen molar-refractivity contribution >= 4 is 39.2 Å². The molecule has 0 bridgehead atoms. The van der Waals surface area contributed by atoms with Gasteiger partial charge in [0.25, 0.3) is 0 Å². The van der Waals surface area contributed by atoms with Crippen molar-refractivity contribution in [1.29, 1.82) is 0 Å². The number of esters is 1. The summed E-state index contributed by atoms with van der Waals surface area (Å²) < 4.78 is 5.58. The van der Waals surface area contributed by atoms with Crippen molar-refractivity contribution in [2.24, 2.45) is 0 Å². The summed E-state index contributed by atoms with van der Waals surface area (Å²) in [6, 6.07) is 14.1. The minimum atomic E-state index is -0.389. The molecular weight excluding hydrogens is 348 g/mol. The van der Waals surface area contributed by atoms with E-state index in [1.807, 2.05) is 24.3 Å². The Bertz CT molecular complexity index is 654. The van der Waals surface area contributed by atoms with E-state index >= 15 is 0 Å². The van der Waals surface area contributed by atoms with E-state index in [0.29, 0.717) is 5.56 Å². The Kier molecular flexibility index (Phi) is 5.55. The first-order chi connectivity index (χ1) is 10.6. The van der Waals surface area contributed by atoms with Crippen molar-refractivity contribution in [2.45, 2.75) is 0 Å². The van der Waals surface area contributed by atoms with Crippen molar-refractivity contribution in [2.75, 3.05) is 24.3 Å². The summed E-state index contributed by atoms with van der Waals surface area (Å²) in [5.74, 6) is -0.543. The molecule has 6 heteroatoms. The molecule has 0 saturated carbocycles. The summed E-state index contributed by atoms with van der Waals surface area (Å²) in [6.45, 7) is 0.133. The van der Waals surface area contributed by atoms with Crippen molar-refractivity contribution < 1.29 is 14.3 Å². The fourth-order valence-electron chi connectivity index (χ4n) is 1.76. The Morgan fingerprint density at radius 2 is 1.59 bits per heavy atom. The molecule has 0 fully saturated rings. The van der Waals surface area contributed by atoms with E-state index in [-0.39, 0.29) is 18.4 Å². The van der Waals surface area contributed by atoms with E-state index < -0.39 is 0 Å². The lowest BCUT2D eigenvalue weighted by atomic mass is 10.2. The number of carbonyl (C=O) groups is 2. The first-order valence-corrected chi connectivity index (χ1v) is 7.35. The van der Waals surface area contributed by atoms with Crippen LogP contribution in [-0.2, 0) is 9.53 Å². The van der Waals surface area contributed by atoms with Gasteiger partial charge in [-0.2, -0.15) is 0 Å². The third-order valence-electron chi connectivity index (χ3n) is 2.89. The second-order valence-corrected chi connectivity index (χ2v) is 5.39. The van der Waals surface area contributed by atoms with Gasteiger partial charge in [-0.25, -0.2) is 4.79 Å². The predicted octanol–water partition coefficient (Wildman–Crippen LogP) is 3.29. The van der Waals surface area contributed by atoms with Crippen LogP contribution in [0.1, 0.15) is 10.4 Å². The average Bonchev–Trinajstić information content (AvgIpc) is 2.55. The van der Waals surface area contributed by atoms with Crippen LogP contribution in [0, 0.1) is 0 Å². The fraction of sp³-hybridized carbons (Fsp3) is 0.125. The Balaban J connectivity index is 1.85. The Morgan fingerprint density at radius 1 is 1.00 bits per heavy atom. The van der Waals surface area contributed by atoms with Crippen LogP contribution in [0.3, 0.4) is 0 Å². The van der Waals surface area contributed by atoms with Crippen LogP contribution in [0.2, 0.25) is 0 Å². The largest absolute Gasteiger partial charge is 0.465 e. The van der Waals surface area contributed by atoms with E-state index in [9.17, 15) is 9.59 Å². The molecule has 5 nitrogen and oxygen atoms in total. The number of hydrogen-bond donors (Lipinski definition) is 2. The maximum atomic E-state index is 11.8. The third-order valence-corrected chi connectivity index (χ3v) is 3.42. The predicted molar refractivity (Wildman–Crippen MR) is 89.0 cm³/mol. The van der Waals surface area contributed by atoms with Gasteiger partial charge in [-0.3, -0.25) is 4.79 Å². The van der Waals surface area contributed by atoms with E-state index in [2.05, 4.69) is 31.3 Å². The van der Waals surface area contributed by atoms with E-state index in [0.717, 1.165) is 15.8 Å². The summed E-state index contributed by atoms with van der Waals surface area (Å²) >= 11 is 3.34. The molecule has 0 spiro atoms. The molecular formula is C16H15BrN2O3. The second kappa shape index (κ2) is 7.61. The van der Waals surface area contributed by atoms with Gasteiger partial charge in [0.15, 0.2) is 0 Å². The number of ether oxygens (including phenoxy) is 1. The van der Waals surface area contributed by atoms with Crippen LogP contribution in [0.25, 0.3) is 0 Å². The van der Waals surface area contributed by atoms with Gasteiger partial charge in [-0.15, -0.1) is 0 Å². The number of hydrogen-bond acceptors (Lipinski definition) is 4. The molecule has 0 heterocycles. The number of amides is 1. The average molecular weight is 363 g/mol. The highest BCUT2D eigenvalue weighted by Crippen LogP contribution is 2.14. The van der Waals surface area contributed by atoms with Gasteiger partial charge >= 0.3 is 5.97 Å². The molecule has 0 aromatic heterocycles. The lowest BCUT2D eigenvalue weighted by Crippen LogP contribution is -2.21. The molecule has 0 saturated heterocycles. The Morgan fingerprint density at radius 3 is 2.18 bits per heavy atom. The molecule has 0 unspecified atom stereocenters. The van der Waals surface area contributed by atoms with Crippen LogP contribution in [-0.4, -0.2) is 25.5 Å². The number of anilines is 2. The molecule has 2 aromatic rings. The number of methoxy groups -OCH3 is 1. The first kappa shape index (κ1) is 16.0. The Hall–Kier alpha value is -2.34. The number of nitrogens with one attached hydrogen (secondary N) is 2. The zero-order chi connectivity index (χ0) is 15.9. The minimum Gasteiger partial charge on any atom is -0.465 e. The molecule has 0 atom stereocenters. The van der Waals surface area contributed by atoms with Gasteiger partial charge in [0, 0.05) is 15.8 Å². The summed E-state index contributed by atoms with van der Waals surface area (Å²) in [6.07, 6.45) is 0. The van der Waals surface area contributed by atoms with Crippen LogP contribution >= 0.6 is 15.9 Å². The molecule has 0 aliphatic rings. The maximum absolute atomic E-state index is 11.8. The van der Waals surface area contributed by atoms with Gasteiger partial charge in [0.1, 0.15) is 0 Å². The molecule has 1 amide bonds. The highest BCUT2D eigenvalue weighted by Gasteiger charge is 2.05. The van der Waals surface area contributed by atoms with Crippen LogP contribution in [0.15, 0.2) is 53.0 Å². The molecule has 0 aliphatic heterocycles. The van der Waals surface area contributed by atoms with Crippen molar-refractivity contribution in [3.8, 4) is 0 Å². The molecule has 0 radical (unpaired) electrons. The molecule has 114 valence electrons. The third kappa shape index (κ3) is 4.60.